The SMILES string of the molecule is CC(C)OCCS(=O)(=O)N1CC(O)CC1CN(C)C. The maximum atomic E-state index is 12.3. The zero-order chi connectivity index (χ0) is 14.6. The second-order valence-corrected chi connectivity index (χ2v) is 7.65. The van der Waals surface area contributed by atoms with Crippen LogP contribution in [0.3, 0.4) is 0 Å². The molecule has 1 saturated heterocycles. The Labute approximate surface area is 116 Å². The Hall–Kier alpha value is -0.210. The first kappa shape index (κ1) is 16.8. The molecular formula is C12H26N2O4S. The van der Waals surface area contributed by atoms with Crippen LogP contribution in [-0.2, 0) is 14.8 Å². The number of ether oxygens (including phenoxy) is 1. The number of likely N-dealkylation sites (N-methyl/N-ethyl adjacent to an activating group) is 1. The average Bonchev–Trinajstić information content (AvgIpc) is 2.58. The highest BCUT2D eigenvalue weighted by atomic mass is 32.2. The van der Waals surface area contributed by atoms with Gasteiger partial charge in [0.15, 0.2) is 0 Å². The van der Waals surface area contributed by atoms with Gasteiger partial charge in [0.05, 0.1) is 24.6 Å². The molecule has 0 saturated carbocycles. The monoisotopic (exact) mass is 294 g/mol. The maximum Gasteiger partial charge on any atom is 0.216 e. The highest BCUT2D eigenvalue weighted by Gasteiger charge is 2.38. The van der Waals surface area contributed by atoms with Crippen LogP contribution in [0.5, 0.6) is 0 Å². The summed E-state index contributed by atoms with van der Waals surface area (Å²) in [4.78, 5) is 1.94. The van der Waals surface area contributed by atoms with Gasteiger partial charge in [-0.1, -0.05) is 0 Å². The van der Waals surface area contributed by atoms with Crippen LogP contribution >= 0.6 is 0 Å². The van der Waals surface area contributed by atoms with Crippen molar-refractivity contribution in [2.45, 2.75) is 38.5 Å². The molecule has 0 aromatic rings. The van der Waals surface area contributed by atoms with E-state index in [1.807, 2.05) is 32.8 Å². The molecule has 0 aliphatic carbocycles. The number of hydrogen-bond acceptors (Lipinski definition) is 5. The van der Waals surface area contributed by atoms with Crippen LogP contribution in [0, 0.1) is 0 Å². The number of hydrogen-bond donors (Lipinski definition) is 1. The minimum absolute atomic E-state index is 0.0249. The summed E-state index contributed by atoms with van der Waals surface area (Å²) in [5.74, 6) is -0.0260. The van der Waals surface area contributed by atoms with Gasteiger partial charge in [0.1, 0.15) is 0 Å². The third-order valence-electron chi connectivity index (χ3n) is 3.07. The van der Waals surface area contributed by atoms with Crippen LogP contribution in [0.4, 0.5) is 0 Å². The molecule has 1 heterocycles. The summed E-state index contributed by atoms with van der Waals surface area (Å²) < 4.78 is 31.3. The predicted molar refractivity (Wildman–Crippen MR) is 74.5 cm³/mol. The molecule has 0 aromatic heterocycles. The topological polar surface area (TPSA) is 70.1 Å². The van der Waals surface area contributed by atoms with Crippen LogP contribution in [0.2, 0.25) is 0 Å². The summed E-state index contributed by atoms with van der Waals surface area (Å²) in [5.41, 5.74) is 0. The average molecular weight is 294 g/mol. The van der Waals surface area contributed by atoms with E-state index >= 15 is 0 Å². The minimum atomic E-state index is -3.36. The number of nitrogens with zero attached hydrogens (tertiary/aromatic N) is 2. The lowest BCUT2D eigenvalue weighted by Gasteiger charge is -2.26. The van der Waals surface area contributed by atoms with Crippen molar-refractivity contribution < 1.29 is 18.3 Å². The lowest BCUT2D eigenvalue weighted by Crippen LogP contribution is -2.43. The van der Waals surface area contributed by atoms with Gasteiger partial charge in [-0.25, -0.2) is 8.42 Å². The largest absolute Gasteiger partial charge is 0.392 e. The first-order valence-electron chi connectivity index (χ1n) is 6.66. The number of aliphatic hydroxyl groups is 1. The molecule has 1 rings (SSSR count). The first-order valence-corrected chi connectivity index (χ1v) is 8.27. The fourth-order valence-corrected chi connectivity index (χ4v) is 3.84. The van der Waals surface area contributed by atoms with Gasteiger partial charge in [0, 0.05) is 19.1 Å². The van der Waals surface area contributed by atoms with Gasteiger partial charge in [-0.05, 0) is 34.4 Å². The molecule has 0 aromatic carbocycles. The number of sulfonamides is 1. The third kappa shape index (κ3) is 5.35. The van der Waals surface area contributed by atoms with Crippen molar-refractivity contribution in [3.05, 3.63) is 0 Å². The van der Waals surface area contributed by atoms with E-state index in [-0.39, 0.29) is 31.1 Å². The quantitative estimate of drug-likeness (QED) is 0.700. The molecule has 1 aliphatic heterocycles. The molecule has 6 nitrogen and oxygen atoms in total. The molecular weight excluding hydrogens is 268 g/mol. The smallest absolute Gasteiger partial charge is 0.216 e. The second kappa shape index (κ2) is 6.99. The van der Waals surface area contributed by atoms with Crippen molar-refractivity contribution in [1.82, 2.24) is 9.21 Å². The summed E-state index contributed by atoms with van der Waals surface area (Å²) in [5, 5.41) is 9.70. The molecule has 0 bridgehead atoms. The highest BCUT2D eigenvalue weighted by Crippen LogP contribution is 2.22. The molecule has 1 aliphatic rings. The molecule has 0 radical (unpaired) electrons. The summed E-state index contributed by atoms with van der Waals surface area (Å²) in [6.45, 7) is 4.77. The van der Waals surface area contributed by atoms with Gasteiger partial charge in [0.2, 0.25) is 10.0 Å². The van der Waals surface area contributed by atoms with Gasteiger partial charge in [-0.2, -0.15) is 4.31 Å². The number of rotatable bonds is 7. The highest BCUT2D eigenvalue weighted by molar-refractivity contribution is 7.89. The standard InChI is InChI=1S/C12H26N2O4S/c1-10(2)18-5-6-19(16,17)14-9-12(15)7-11(14)8-13(3)4/h10-12,15H,5-9H2,1-4H3. The molecule has 2 atom stereocenters. The molecule has 2 unspecified atom stereocenters. The summed E-state index contributed by atoms with van der Waals surface area (Å²) in [7, 11) is 0.439. The molecule has 19 heavy (non-hydrogen) atoms. The van der Waals surface area contributed by atoms with Gasteiger partial charge >= 0.3 is 0 Å². The second-order valence-electron chi connectivity index (χ2n) is 5.61. The van der Waals surface area contributed by atoms with E-state index in [4.69, 9.17) is 4.74 Å². The van der Waals surface area contributed by atoms with Gasteiger partial charge in [-0.3, -0.25) is 0 Å². The van der Waals surface area contributed by atoms with Crippen LogP contribution in [-0.4, -0.2) is 80.5 Å². The Morgan fingerprint density at radius 2 is 2.05 bits per heavy atom. The van der Waals surface area contributed by atoms with E-state index in [0.717, 1.165) is 0 Å². The molecule has 0 amide bonds. The van der Waals surface area contributed by atoms with Crippen molar-refractivity contribution >= 4 is 10.0 Å². The van der Waals surface area contributed by atoms with Crippen LogP contribution in [0.15, 0.2) is 0 Å². The van der Waals surface area contributed by atoms with Crippen molar-refractivity contribution in [2.24, 2.45) is 0 Å². The summed E-state index contributed by atoms with van der Waals surface area (Å²) >= 11 is 0. The van der Waals surface area contributed by atoms with Gasteiger partial charge in [-0.15, -0.1) is 0 Å². The Kier molecular flexibility index (Phi) is 6.19. The summed E-state index contributed by atoms with van der Waals surface area (Å²) in [6, 6.07) is -0.144. The van der Waals surface area contributed by atoms with E-state index in [0.29, 0.717) is 13.0 Å². The Bertz CT molecular complexity index is 370. The van der Waals surface area contributed by atoms with E-state index in [1.165, 1.54) is 4.31 Å². The van der Waals surface area contributed by atoms with Gasteiger partial charge in [0.25, 0.3) is 0 Å². The first-order chi connectivity index (χ1) is 8.72. The van der Waals surface area contributed by atoms with Crippen LogP contribution in [0.1, 0.15) is 20.3 Å². The normalized spacial score (nSPS) is 25.6. The van der Waals surface area contributed by atoms with E-state index in [2.05, 4.69) is 0 Å². The van der Waals surface area contributed by atoms with Crippen LogP contribution < -0.4 is 0 Å². The lowest BCUT2D eigenvalue weighted by atomic mass is 10.2. The molecule has 114 valence electrons. The number of β-amino-alcohol motifs (C(OH)–C–C–N with tert-alkyl or cyclic N) is 1. The van der Waals surface area contributed by atoms with Crippen molar-refractivity contribution in [1.29, 1.82) is 0 Å². The molecule has 1 N–H and O–H groups in total. The lowest BCUT2D eigenvalue weighted by molar-refractivity contribution is 0.0905. The van der Waals surface area contributed by atoms with E-state index < -0.39 is 16.1 Å². The zero-order valence-electron chi connectivity index (χ0n) is 12.2. The maximum absolute atomic E-state index is 12.3. The van der Waals surface area contributed by atoms with Crippen LogP contribution in [0.25, 0.3) is 0 Å². The molecule has 1 fully saturated rings. The fourth-order valence-electron chi connectivity index (χ4n) is 2.30. The summed E-state index contributed by atoms with van der Waals surface area (Å²) in [6.07, 6.45) is -0.0368. The van der Waals surface area contributed by atoms with Gasteiger partial charge < -0.3 is 14.7 Å². The van der Waals surface area contributed by atoms with Crippen molar-refractivity contribution in [2.75, 3.05) is 39.5 Å². The Morgan fingerprint density at radius 1 is 1.42 bits per heavy atom. The number of aliphatic hydroxyl groups excluding tert-OH is 1. The third-order valence-corrected chi connectivity index (χ3v) is 4.91. The van der Waals surface area contributed by atoms with Crippen molar-refractivity contribution in [3.8, 4) is 0 Å². The Morgan fingerprint density at radius 3 is 2.58 bits per heavy atom. The van der Waals surface area contributed by atoms with E-state index in [1.54, 1.807) is 0 Å². The predicted octanol–water partition coefficient (Wildman–Crippen LogP) is -0.262. The molecule has 0 spiro atoms. The minimum Gasteiger partial charge on any atom is -0.392 e. The zero-order valence-corrected chi connectivity index (χ0v) is 13.1. The van der Waals surface area contributed by atoms with Crippen molar-refractivity contribution in [3.63, 3.8) is 0 Å². The fraction of sp³-hybridized carbons (Fsp3) is 1.00. The van der Waals surface area contributed by atoms with E-state index in [9.17, 15) is 13.5 Å². The Balaban J connectivity index is 2.63. The molecule has 7 heteroatoms.